The first-order valence-electron chi connectivity index (χ1n) is 4.78. The summed E-state index contributed by atoms with van der Waals surface area (Å²) in [5.41, 5.74) is 0. The Morgan fingerprint density at radius 1 is 1.15 bits per heavy atom. The predicted octanol–water partition coefficient (Wildman–Crippen LogP) is 3.16. The zero-order chi connectivity index (χ0) is 9.78. The molecular formula is C10H19IO2. The van der Waals surface area contributed by atoms with E-state index in [1.807, 2.05) is 6.92 Å². The second kappa shape index (κ2) is 12.4. The van der Waals surface area contributed by atoms with Gasteiger partial charge in [0.1, 0.15) is 6.79 Å². The second-order valence-corrected chi connectivity index (χ2v) is 3.69. The molecule has 13 heavy (non-hydrogen) atoms. The van der Waals surface area contributed by atoms with Gasteiger partial charge in [-0.25, -0.2) is 0 Å². The van der Waals surface area contributed by atoms with Crippen LogP contribution in [0.2, 0.25) is 0 Å². The number of alkyl halides is 1. The third-order valence-electron chi connectivity index (χ3n) is 1.47. The molecule has 0 aromatic carbocycles. The van der Waals surface area contributed by atoms with Gasteiger partial charge in [-0.05, 0) is 30.6 Å². The van der Waals surface area contributed by atoms with Gasteiger partial charge in [0.2, 0.25) is 0 Å². The minimum Gasteiger partial charge on any atom is -0.356 e. The zero-order valence-corrected chi connectivity index (χ0v) is 10.5. The highest BCUT2D eigenvalue weighted by molar-refractivity contribution is 14.1. The first-order chi connectivity index (χ1) is 6.41. The molecule has 0 rings (SSSR count). The van der Waals surface area contributed by atoms with Crippen LogP contribution in [0.25, 0.3) is 0 Å². The summed E-state index contributed by atoms with van der Waals surface area (Å²) in [6.45, 7) is 3.89. The molecule has 0 N–H and O–H groups in total. The van der Waals surface area contributed by atoms with E-state index in [0.29, 0.717) is 6.79 Å². The summed E-state index contributed by atoms with van der Waals surface area (Å²) >= 11 is 2.40. The van der Waals surface area contributed by atoms with E-state index in [0.717, 1.165) is 19.6 Å². The van der Waals surface area contributed by atoms with Crippen LogP contribution in [0, 0.1) is 0 Å². The molecule has 0 saturated carbocycles. The average molecular weight is 298 g/mol. The van der Waals surface area contributed by atoms with Gasteiger partial charge in [-0.15, -0.1) is 0 Å². The van der Waals surface area contributed by atoms with Crippen molar-refractivity contribution in [2.75, 3.05) is 24.4 Å². The summed E-state index contributed by atoms with van der Waals surface area (Å²) in [5.74, 6) is 0. The summed E-state index contributed by atoms with van der Waals surface area (Å²) in [4.78, 5) is 0. The monoisotopic (exact) mass is 298 g/mol. The summed E-state index contributed by atoms with van der Waals surface area (Å²) in [6, 6.07) is 0. The van der Waals surface area contributed by atoms with Crippen molar-refractivity contribution in [2.45, 2.75) is 26.2 Å². The number of allylic oxidation sites excluding steroid dienone is 1. The average Bonchev–Trinajstić information content (AvgIpc) is 2.16. The largest absolute Gasteiger partial charge is 0.356 e. The van der Waals surface area contributed by atoms with Crippen molar-refractivity contribution in [3.8, 4) is 0 Å². The number of ether oxygens (including phenoxy) is 2. The SMILES string of the molecule is CCOCOCCC=CCCCI. The smallest absolute Gasteiger partial charge is 0.146 e. The number of hydrogen-bond acceptors (Lipinski definition) is 2. The van der Waals surface area contributed by atoms with Gasteiger partial charge in [-0.1, -0.05) is 34.7 Å². The Labute approximate surface area is 94.8 Å². The molecule has 0 heterocycles. The molecule has 0 aliphatic rings. The highest BCUT2D eigenvalue weighted by Gasteiger charge is 1.84. The lowest BCUT2D eigenvalue weighted by Crippen LogP contribution is -1.99. The van der Waals surface area contributed by atoms with Gasteiger partial charge >= 0.3 is 0 Å². The molecule has 0 saturated heterocycles. The van der Waals surface area contributed by atoms with Gasteiger partial charge in [0, 0.05) is 6.61 Å². The van der Waals surface area contributed by atoms with Crippen LogP contribution in [0.1, 0.15) is 26.2 Å². The maximum absolute atomic E-state index is 5.21. The van der Waals surface area contributed by atoms with Crippen LogP contribution in [0.15, 0.2) is 12.2 Å². The molecule has 0 aromatic rings. The minimum atomic E-state index is 0.429. The minimum absolute atomic E-state index is 0.429. The van der Waals surface area contributed by atoms with Crippen LogP contribution < -0.4 is 0 Å². The van der Waals surface area contributed by atoms with E-state index in [1.54, 1.807) is 0 Å². The van der Waals surface area contributed by atoms with Gasteiger partial charge in [-0.2, -0.15) is 0 Å². The molecule has 0 aliphatic carbocycles. The van der Waals surface area contributed by atoms with E-state index >= 15 is 0 Å². The van der Waals surface area contributed by atoms with E-state index < -0.39 is 0 Å². The van der Waals surface area contributed by atoms with Gasteiger partial charge in [0.25, 0.3) is 0 Å². The Bertz CT molecular complexity index is 115. The molecule has 3 heteroatoms. The maximum Gasteiger partial charge on any atom is 0.146 e. The van der Waals surface area contributed by atoms with Crippen LogP contribution >= 0.6 is 22.6 Å². The van der Waals surface area contributed by atoms with Crippen LogP contribution in [0.4, 0.5) is 0 Å². The molecule has 0 bridgehead atoms. The van der Waals surface area contributed by atoms with Crippen LogP contribution in [-0.2, 0) is 9.47 Å². The lowest BCUT2D eigenvalue weighted by atomic mass is 10.3. The highest BCUT2D eigenvalue weighted by atomic mass is 127. The molecule has 0 aliphatic heterocycles. The summed E-state index contributed by atoms with van der Waals surface area (Å²) < 4.78 is 11.5. The maximum atomic E-state index is 5.21. The summed E-state index contributed by atoms with van der Waals surface area (Å²) in [5, 5.41) is 0. The fourth-order valence-corrected chi connectivity index (χ4v) is 1.22. The van der Waals surface area contributed by atoms with E-state index in [1.165, 1.54) is 17.3 Å². The highest BCUT2D eigenvalue weighted by Crippen LogP contribution is 1.96. The Hall–Kier alpha value is 0.390. The molecule has 0 spiro atoms. The predicted molar refractivity (Wildman–Crippen MR) is 64.3 cm³/mol. The van der Waals surface area contributed by atoms with Crippen molar-refractivity contribution in [3.05, 3.63) is 12.2 Å². The third-order valence-corrected chi connectivity index (χ3v) is 2.23. The summed E-state index contributed by atoms with van der Waals surface area (Å²) in [6.07, 6.45) is 7.86. The van der Waals surface area contributed by atoms with Crippen molar-refractivity contribution < 1.29 is 9.47 Å². The molecule has 0 amide bonds. The van der Waals surface area contributed by atoms with Gasteiger partial charge in [-0.3, -0.25) is 0 Å². The van der Waals surface area contributed by atoms with Gasteiger partial charge < -0.3 is 9.47 Å². The summed E-state index contributed by atoms with van der Waals surface area (Å²) in [7, 11) is 0. The quantitative estimate of drug-likeness (QED) is 0.214. The van der Waals surface area contributed by atoms with Crippen molar-refractivity contribution in [2.24, 2.45) is 0 Å². The fourth-order valence-electron chi connectivity index (χ4n) is 0.783. The topological polar surface area (TPSA) is 18.5 Å². The van der Waals surface area contributed by atoms with E-state index in [9.17, 15) is 0 Å². The van der Waals surface area contributed by atoms with Crippen LogP contribution in [-0.4, -0.2) is 24.4 Å². The number of hydrogen-bond donors (Lipinski definition) is 0. The first kappa shape index (κ1) is 13.4. The lowest BCUT2D eigenvalue weighted by Gasteiger charge is -2.00. The molecule has 0 unspecified atom stereocenters. The fraction of sp³-hybridized carbons (Fsp3) is 0.800. The van der Waals surface area contributed by atoms with E-state index in [4.69, 9.17) is 9.47 Å². The first-order valence-corrected chi connectivity index (χ1v) is 6.30. The van der Waals surface area contributed by atoms with E-state index in [-0.39, 0.29) is 0 Å². The van der Waals surface area contributed by atoms with E-state index in [2.05, 4.69) is 34.7 Å². The van der Waals surface area contributed by atoms with Crippen molar-refractivity contribution in [1.29, 1.82) is 0 Å². The molecule has 0 atom stereocenters. The van der Waals surface area contributed by atoms with Gasteiger partial charge in [0.05, 0.1) is 6.61 Å². The Kier molecular flexibility index (Phi) is 12.8. The third kappa shape index (κ3) is 12.4. The molecule has 2 nitrogen and oxygen atoms in total. The lowest BCUT2D eigenvalue weighted by molar-refractivity contribution is -0.0476. The van der Waals surface area contributed by atoms with Crippen molar-refractivity contribution in [1.82, 2.24) is 0 Å². The molecule has 0 aromatic heterocycles. The molecular weight excluding hydrogens is 279 g/mol. The van der Waals surface area contributed by atoms with Crippen molar-refractivity contribution in [3.63, 3.8) is 0 Å². The number of halogens is 1. The molecule has 78 valence electrons. The zero-order valence-electron chi connectivity index (χ0n) is 8.30. The molecule has 0 radical (unpaired) electrons. The second-order valence-electron chi connectivity index (χ2n) is 2.61. The Morgan fingerprint density at radius 2 is 1.92 bits per heavy atom. The molecule has 0 fully saturated rings. The Balaban J connectivity index is 2.93. The van der Waals surface area contributed by atoms with Crippen LogP contribution in [0.5, 0.6) is 0 Å². The van der Waals surface area contributed by atoms with Crippen LogP contribution in [0.3, 0.4) is 0 Å². The standard InChI is InChI=1S/C10H19IO2/c1-2-12-10-13-9-7-5-3-4-6-8-11/h3,5H,2,4,6-10H2,1H3. The number of rotatable bonds is 9. The van der Waals surface area contributed by atoms with Crippen molar-refractivity contribution >= 4 is 22.6 Å². The Morgan fingerprint density at radius 3 is 2.62 bits per heavy atom. The normalized spacial score (nSPS) is 11.2. The van der Waals surface area contributed by atoms with Gasteiger partial charge in [0.15, 0.2) is 0 Å². The number of unbranched alkanes of at least 4 members (excludes halogenated alkanes) is 1.